The van der Waals surface area contributed by atoms with Crippen molar-refractivity contribution in [3.05, 3.63) is 89.4 Å². The molecule has 0 radical (unpaired) electrons. The minimum absolute atomic E-state index is 0.00833. The monoisotopic (exact) mass is 571 g/mol. The summed E-state index contributed by atoms with van der Waals surface area (Å²) in [6.45, 7) is 5.81. The Morgan fingerprint density at radius 2 is 1.59 bits per heavy atom. The van der Waals surface area contributed by atoms with Gasteiger partial charge in [0.25, 0.3) is 10.0 Å². The summed E-state index contributed by atoms with van der Waals surface area (Å²) in [4.78, 5) is 28.1. The maximum Gasteiger partial charge on any atom is 0.264 e. The third-order valence-electron chi connectivity index (χ3n) is 6.06. The van der Waals surface area contributed by atoms with E-state index in [9.17, 15) is 18.0 Å². The summed E-state index contributed by atoms with van der Waals surface area (Å²) in [6.07, 6.45) is 0.735. The van der Waals surface area contributed by atoms with Gasteiger partial charge >= 0.3 is 0 Å². The molecule has 0 spiro atoms. The van der Waals surface area contributed by atoms with Crippen LogP contribution >= 0.6 is 11.6 Å². The highest BCUT2D eigenvalue weighted by atomic mass is 35.5. The maximum atomic E-state index is 13.9. The van der Waals surface area contributed by atoms with E-state index in [4.69, 9.17) is 16.3 Å². The summed E-state index contributed by atoms with van der Waals surface area (Å²) < 4.78 is 34.2. The first kappa shape index (κ1) is 30.0. The van der Waals surface area contributed by atoms with E-state index < -0.39 is 28.5 Å². The quantitative estimate of drug-likeness (QED) is 0.315. The summed E-state index contributed by atoms with van der Waals surface area (Å²) in [5.74, 6) is -0.345. The third kappa shape index (κ3) is 7.74. The lowest BCUT2D eigenvalue weighted by Crippen LogP contribution is -2.51. The van der Waals surface area contributed by atoms with Gasteiger partial charge in [-0.1, -0.05) is 54.9 Å². The Morgan fingerprint density at radius 3 is 2.21 bits per heavy atom. The van der Waals surface area contributed by atoms with E-state index in [1.54, 1.807) is 73.7 Å². The molecule has 1 N–H and O–H groups in total. The zero-order valence-corrected chi connectivity index (χ0v) is 23.9. The fourth-order valence-electron chi connectivity index (χ4n) is 3.91. The van der Waals surface area contributed by atoms with Gasteiger partial charge < -0.3 is 15.0 Å². The summed E-state index contributed by atoms with van der Waals surface area (Å²) in [6, 6.07) is 20.6. The Bertz CT molecular complexity index is 1350. The van der Waals surface area contributed by atoms with Gasteiger partial charge in [-0.3, -0.25) is 13.9 Å². The summed E-state index contributed by atoms with van der Waals surface area (Å²) in [7, 11) is -4.15. The van der Waals surface area contributed by atoms with Gasteiger partial charge in [0.1, 0.15) is 18.3 Å². The van der Waals surface area contributed by atoms with Crippen molar-refractivity contribution in [2.75, 3.05) is 24.0 Å². The van der Waals surface area contributed by atoms with Crippen molar-refractivity contribution in [1.82, 2.24) is 10.2 Å². The Balaban J connectivity index is 1.99. The van der Waals surface area contributed by atoms with Gasteiger partial charge in [0, 0.05) is 18.1 Å². The molecule has 0 aliphatic heterocycles. The predicted molar refractivity (Wildman–Crippen MR) is 153 cm³/mol. The van der Waals surface area contributed by atoms with E-state index >= 15 is 0 Å². The number of ether oxygens (including phenoxy) is 1. The standard InChI is InChI=1S/C29H34ClN3O5S/c1-4-19-31-29(35)22(3)32(20-23-11-9-10-14-27(23)30)28(34)21-33(24-12-7-6-8-13-24)39(36,37)26-17-15-25(16-18-26)38-5-2/h6-18,22H,4-5,19-21H2,1-3H3,(H,31,35)/t22-/m1/s1. The molecule has 2 amide bonds. The molecule has 0 saturated carbocycles. The SMILES string of the molecule is CCCNC(=O)[C@@H](C)N(Cc1ccccc1Cl)C(=O)CN(c1ccccc1)S(=O)(=O)c1ccc(OCC)cc1. The molecular formula is C29H34ClN3O5S. The van der Waals surface area contributed by atoms with Crippen LogP contribution in [0, 0.1) is 0 Å². The molecular weight excluding hydrogens is 538 g/mol. The number of rotatable bonds is 13. The van der Waals surface area contributed by atoms with Crippen LogP contribution in [0.4, 0.5) is 5.69 Å². The Morgan fingerprint density at radius 1 is 0.949 bits per heavy atom. The number of amides is 2. The average Bonchev–Trinajstić information content (AvgIpc) is 2.94. The zero-order chi connectivity index (χ0) is 28.4. The van der Waals surface area contributed by atoms with Crippen molar-refractivity contribution in [2.45, 2.75) is 44.7 Å². The third-order valence-corrected chi connectivity index (χ3v) is 8.22. The highest BCUT2D eigenvalue weighted by Crippen LogP contribution is 2.26. The summed E-state index contributed by atoms with van der Waals surface area (Å²) in [5, 5.41) is 3.26. The molecule has 0 unspecified atom stereocenters. The smallest absolute Gasteiger partial charge is 0.264 e. The van der Waals surface area contributed by atoms with Gasteiger partial charge in [0.05, 0.1) is 17.2 Å². The predicted octanol–water partition coefficient (Wildman–Crippen LogP) is 4.88. The molecule has 3 aromatic carbocycles. The number of anilines is 1. The number of nitrogens with one attached hydrogen (secondary N) is 1. The van der Waals surface area contributed by atoms with E-state index in [2.05, 4.69) is 5.32 Å². The number of sulfonamides is 1. The van der Waals surface area contributed by atoms with Gasteiger partial charge in [-0.25, -0.2) is 8.42 Å². The van der Waals surface area contributed by atoms with Crippen molar-refractivity contribution in [2.24, 2.45) is 0 Å². The van der Waals surface area contributed by atoms with Crippen LogP contribution < -0.4 is 14.4 Å². The van der Waals surface area contributed by atoms with Crippen LogP contribution in [0.25, 0.3) is 0 Å². The molecule has 0 aliphatic carbocycles. The van der Waals surface area contributed by atoms with E-state index in [0.29, 0.717) is 35.2 Å². The maximum absolute atomic E-state index is 13.9. The number of nitrogens with zero attached hydrogens (tertiary/aromatic N) is 2. The van der Waals surface area contributed by atoms with Crippen LogP contribution in [0.2, 0.25) is 5.02 Å². The molecule has 208 valence electrons. The van der Waals surface area contributed by atoms with Crippen LogP contribution in [0.5, 0.6) is 5.75 Å². The molecule has 0 aromatic heterocycles. The Hall–Kier alpha value is -3.56. The summed E-state index contributed by atoms with van der Waals surface area (Å²) >= 11 is 6.38. The first-order valence-electron chi connectivity index (χ1n) is 12.8. The number of hydrogen-bond acceptors (Lipinski definition) is 5. The number of para-hydroxylation sites is 1. The van der Waals surface area contributed by atoms with Crippen molar-refractivity contribution in [3.8, 4) is 5.75 Å². The highest BCUT2D eigenvalue weighted by molar-refractivity contribution is 7.92. The molecule has 0 fully saturated rings. The van der Waals surface area contributed by atoms with Crippen molar-refractivity contribution in [3.63, 3.8) is 0 Å². The molecule has 0 saturated heterocycles. The van der Waals surface area contributed by atoms with Crippen molar-refractivity contribution in [1.29, 1.82) is 0 Å². The molecule has 39 heavy (non-hydrogen) atoms. The first-order chi connectivity index (χ1) is 18.7. The van der Waals surface area contributed by atoms with E-state index in [-0.39, 0.29) is 17.3 Å². The molecule has 1 atom stereocenters. The number of benzene rings is 3. The van der Waals surface area contributed by atoms with Crippen molar-refractivity contribution < 1.29 is 22.7 Å². The topological polar surface area (TPSA) is 96.0 Å². The van der Waals surface area contributed by atoms with E-state index in [1.165, 1.54) is 17.0 Å². The second kappa shape index (κ2) is 14.0. The van der Waals surface area contributed by atoms with Gasteiger partial charge in [-0.05, 0) is 68.3 Å². The van der Waals surface area contributed by atoms with Crippen LogP contribution in [0.15, 0.2) is 83.8 Å². The van der Waals surface area contributed by atoms with Gasteiger partial charge in [-0.15, -0.1) is 0 Å². The number of hydrogen-bond donors (Lipinski definition) is 1. The molecule has 10 heteroatoms. The summed E-state index contributed by atoms with van der Waals surface area (Å²) in [5.41, 5.74) is 0.962. The van der Waals surface area contributed by atoms with Gasteiger partial charge in [-0.2, -0.15) is 0 Å². The van der Waals surface area contributed by atoms with Gasteiger partial charge in [0.2, 0.25) is 11.8 Å². The second-order valence-electron chi connectivity index (χ2n) is 8.83. The van der Waals surface area contributed by atoms with Crippen molar-refractivity contribution >= 4 is 39.1 Å². The first-order valence-corrected chi connectivity index (χ1v) is 14.6. The fraction of sp³-hybridized carbons (Fsp3) is 0.310. The van der Waals surface area contributed by atoms with E-state index in [0.717, 1.165) is 10.7 Å². The lowest BCUT2D eigenvalue weighted by atomic mass is 10.1. The van der Waals surface area contributed by atoms with Gasteiger partial charge in [0.15, 0.2) is 0 Å². The Labute approximate surface area is 235 Å². The minimum atomic E-state index is -4.15. The molecule has 3 rings (SSSR count). The minimum Gasteiger partial charge on any atom is -0.494 e. The lowest BCUT2D eigenvalue weighted by Gasteiger charge is -2.32. The van der Waals surface area contributed by atoms with Crippen LogP contribution in [0.1, 0.15) is 32.8 Å². The highest BCUT2D eigenvalue weighted by Gasteiger charge is 2.32. The molecule has 8 nitrogen and oxygen atoms in total. The largest absolute Gasteiger partial charge is 0.494 e. The molecule has 3 aromatic rings. The fourth-order valence-corrected chi connectivity index (χ4v) is 5.52. The average molecular weight is 572 g/mol. The lowest BCUT2D eigenvalue weighted by molar-refractivity contribution is -0.139. The number of halogens is 1. The van der Waals surface area contributed by atoms with Crippen LogP contribution in [-0.2, 0) is 26.2 Å². The van der Waals surface area contributed by atoms with Crippen LogP contribution in [0.3, 0.4) is 0 Å². The molecule has 0 aliphatic rings. The molecule has 0 bridgehead atoms. The number of carbonyl (C=O) groups is 2. The van der Waals surface area contributed by atoms with E-state index in [1.807, 2.05) is 13.8 Å². The number of carbonyl (C=O) groups excluding carboxylic acids is 2. The zero-order valence-electron chi connectivity index (χ0n) is 22.3. The second-order valence-corrected chi connectivity index (χ2v) is 11.1. The van der Waals surface area contributed by atoms with Crippen LogP contribution in [-0.4, -0.2) is 50.9 Å². The Kier molecular flexibility index (Phi) is 10.8. The normalized spacial score (nSPS) is 11.9. The molecule has 0 heterocycles.